The van der Waals surface area contributed by atoms with Gasteiger partial charge in [-0.25, -0.2) is 19.3 Å². The Labute approximate surface area is 281 Å². The van der Waals surface area contributed by atoms with Gasteiger partial charge in [-0.1, -0.05) is 0 Å². The molecule has 4 heterocycles. The van der Waals surface area contributed by atoms with Crippen LogP contribution in [0.3, 0.4) is 0 Å². The molecule has 1 atom stereocenters. The van der Waals surface area contributed by atoms with Gasteiger partial charge in [0, 0.05) is 44.5 Å². The first-order valence-electron chi connectivity index (χ1n) is 17.2. The van der Waals surface area contributed by atoms with E-state index in [9.17, 15) is 14.0 Å². The highest BCUT2D eigenvalue weighted by molar-refractivity contribution is 5.97. The van der Waals surface area contributed by atoms with Crippen LogP contribution in [0.25, 0.3) is 0 Å². The van der Waals surface area contributed by atoms with Gasteiger partial charge >= 0.3 is 0 Å². The number of aromatic nitrogens is 5. The SMILES string of the molecule is CCN(C(=O)c1cc(F)ccc1Oc1nncnc1N1CC[C@@H](CN2CCC3(CCC(NC(=O)c4ccncn4)CC3)CC2)C1)C(C)C. The van der Waals surface area contributed by atoms with Crippen LogP contribution in [0, 0.1) is 17.2 Å². The Bertz CT molecular complexity index is 1560. The fourth-order valence-electron chi connectivity index (χ4n) is 7.61. The Morgan fingerprint density at radius 1 is 1.06 bits per heavy atom. The van der Waals surface area contributed by atoms with Crippen LogP contribution in [0.2, 0.25) is 0 Å². The molecule has 1 saturated carbocycles. The van der Waals surface area contributed by atoms with E-state index in [-0.39, 0.29) is 41.1 Å². The average molecular weight is 660 g/mol. The molecule has 6 rings (SSSR count). The smallest absolute Gasteiger partial charge is 0.282 e. The van der Waals surface area contributed by atoms with Crippen LogP contribution in [0.1, 0.15) is 86.6 Å². The number of anilines is 1. The summed E-state index contributed by atoms with van der Waals surface area (Å²) < 4.78 is 20.5. The molecule has 12 nitrogen and oxygen atoms in total. The number of hydrogen-bond acceptors (Lipinski definition) is 10. The Morgan fingerprint density at radius 3 is 2.56 bits per heavy atom. The predicted octanol–water partition coefficient (Wildman–Crippen LogP) is 4.74. The quantitative estimate of drug-likeness (QED) is 0.326. The third-order valence-corrected chi connectivity index (χ3v) is 10.4. The Hall–Kier alpha value is -4.26. The largest absolute Gasteiger partial charge is 0.434 e. The number of ether oxygens (including phenoxy) is 1. The van der Waals surface area contributed by atoms with Crippen LogP contribution in [-0.4, -0.2) is 98.1 Å². The third-order valence-electron chi connectivity index (χ3n) is 10.4. The van der Waals surface area contributed by atoms with E-state index in [1.54, 1.807) is 17.2 Å². The van der Waals surface area contributed by atoms with Crippen molar-refractivity contribution in [3.8, 4) is 11.6 Å². The van der Waals surface area contributed by atoms with Crippen molar-refractivity contribution in [2.24, 2.45) is 11.3 Å². The van der Waals surface area contributed by atoms with Gasteiger partial charge in [-0.05, 0) is 114 Å². The fourth-order valence-corrected chi connectivity index (χ4v) is 7.61. The molecule has 0 unspecified atom stereocenters. The minimum absolute atomic E-state index is 0.0509. The number of carbonyl (C=O) groups excluding carboxylic acids is 2. The highest BCUT2D eigenvalue weighted by Gasteiger charge is 2.39. The lowest BCUT2D eigenvalue weighted by atomic mass is 9.67. The van der Waals surface area contributed by atoms with Gasteiger partial charge in [0.2, 0.25) is 0 Å². The highest BCUT2D eigenvalue weighted by atomic mass is 19.1. The van der Waals surface area contributed by atoms with Gasteiger partial charge < -0.3 is 24.8 Å². The second-order valence-electron chi connectivity index (χ2n) is 13.8. The zero-order valence-electron chi connectivity index (χ0n) is 28.1. The van der Waals surface area contributed by atoms with Crippen molar-refractivity contribution >= 4 is 17.6 Å². The van der Waals surface area contributed by atoms with E-state index in [1.165, 1.54) is 43.7 Å². The van der Waals surface area contributed by atoms with Crippen LogP contribution < -0.4 is 15.0 Å². The molecule has 0 radical (unpaired) electrons. The van der Waals surface area contributed by atoms with Crippen molar-refractivity contribution < 1.29 is 18.7 Å². The van der Waals surface area contributed by atoms with Gasteiger partial charge in [0.1, 0.15) is 29.9 Å². The maximum Gasteiger partial charge on any atom is 0.282 e. The fraction of sp³-hybridized carbons (Fsp3) is 0.571. The Morgan fingerprint density at radius 2 is 1.85 bits per heavy atom. The van der Waals surface area contributed by atoms with Gasteiger partial charge in [0.25, 0.3) is 17.7 Å². The van der Waals surface area contributed by atoms with Gasteiger partial charge in [0.05, 0.1) is 5.56 Å². The van der Waals surface area contributed by atoms with Gasteiger partial charge in [0.15, 0.2) is 5.82 Å². The lowest BCUT2D eigenvalue weighted by molar-refractivity contribution is 0.0510. The number of hydrogen-bond donors (Lipinski definition) is 1. The zero-order chi connectivity index (χ0) is 33.7. The molecule has 3 aliphatic rings. The Kier molecular flexibility index (Phi) is 10.4. The standard InChI is InChI=1S/C35H46FN9O3/c1-4-45(24(2)3)34(47)28-19-26(36)5-6-30(28)48-33-31(39-23-40-42-33)44-16-10-25(21-44)20-43-17-13-35(14-18-43)11-7-27(8-12-35)41-32(46)29-9-15-37-22-38-29/h5-6,9,15,19,22-25,27H,4,7-8,10-14,16-18,20-21H2,1-3H3,(H,41,46)/t25-/m0/s1. The molecular weight excluding hydrogens is 613 g/mol. The second kappa shape index (κ2) is 14.9. The summed E-state index contributed by atoms with van der Waals surface area (Å²) in [6, 6.07) is 5.76. The second-order valence-corrected chi connectivity index (χ2v) is 13.8. The number of halogens is 1. The maximum absolute atomic E-state index is 14.3. The monoisotopic (exact) mass is 659 g/mol. The van der Waals surface area contributed by atoms with E-state index < -0.39 is 5.82 Å². The minimum Gasteiger partial charge on any atom is -0.434 e. The van der Waals surface area contributed by atoms with E-state index in [2.05, 4.69) is 40.3 Å². The first kappa shape index (κ1) is 33.6. The molecule has 0 bridgehead atoms. The Balaban J connectivity index is 1.01. The summed E-state index contributed by atoms with van der Waals surface area (Å²) in [7, 11) is 0. The molecule has 2 amide bonds. The van der Waals surface area contributed by atoms with Crippen LogP contribution in [0.4, 0.5) is 10.2 Å². The molecule has 1 N–H and O–H groups in total. The molecule has 3 fully saturated rings. The van der Waals surface area contributed by atoms with Gasteiger partial charge in [-0.2, -0.15) is 0 Å². The summed E-state index contributed by atoms with van der Waals surface area (Å²) in [6.07, 6.45) is 12.1. The van der Waals surface area contributed by atoms with Crippen LogP contribution in [0.15, 0.2) is 43.1 Å². The number of amides is 2. The molecule has 2 saturated heterocycles. The highest BCUT2D eigenvalue weighted by Crippen LogP contribution is 2.45. The molecule has 2 aromatic heterocycles. The molecule has 48 heavy (non-hydrogen) atoms. The van der Waals surface area contributed by atoms with E-state index in [1.807, 2.05) is 20.8 Å². The number of nitrogens with one attached hydrogen (secondary N) is 1. The van der Waals surface area contributed by atoms with Gasteiger partial charge in [-0.15, -0.1) is 10.2 Å². The molecule has 13 heteroatoms. The predicted molar refractivity (Wildman–Crippen MR) is 178 cm³/mol. The summed E-state index contributed by atoms with van der Waals surface area (Å²) in [5.41, 5.74) is 0.935. The van der Waals surface area contributed by atoms with Crippen LogP contribution >= 0.6 is 0 Å². The van der Waals surface area contributed by atoms with E-state index in [0.29, 0.717) is 29.4 Å². The molecule has 3 aromatic rings. The summed E-state index contributed by atoms with van der Waals surface area (Å²) in [6.45, 7) is 11.1. The van der Waals surface area contributed by atoms with Crippen LogP contribution in [-0.2, 0) is 0 Å². The normalized spacial score (nSPS) is 19.9. The van der Waals surface area contributed by atoms with E-state index in [0.717, 1.165) is 64.8 Å². The lowest BCUT2D eigenvalue weighted by Crippen LogP contribution is -2.46. The number of rotatable bonds is 10. The van der Waals surface area contributed by atoms with E-state index >= 15 is 0 Å². The van der Waals surface area contributed by atoms with E-state index in [4.69, 9.17) is 4.74 Å². The summed E-state index contributed by atoms with van der Waals surface area (Å²) in [5, 5.41) is 11.4. The molecular formula is C35H46FN9O3. The van der Waals surface area contributed by atoms with Crippen molar-refractivity contribution in [3.63, 3.8) is 0 Å². The topological polar surface area (TPSA) is 130 Å². The molecule has 256 valence electrons. The van der Waals surface area contributed by atoms with Crippen molar-refractivity contribution in [2.75, 3.05) is 44.2 Å². The maximum atomic E-state index is 14.3. The van der Waals surface area contributed by atoms with Crippen molar-refractivity contribution in [2.45, 2.75) is 77.8 Å². The summed E-state index contributed by atoms with van der Waals surface area (Å²) in [5.74, 6) is 0.553. The number of carbonyl (C=O) groups is 2. The molecule has 1 aliphatic carbocycles. The zero-order valence-corrected chi connectivity index (χ0v) is 28.1. The minimum atomic E-state index is -0.509. The number of benzene rings is 1. The van der Waals surface area contributed by atoms with Gasteiger partial charge in [-0.3, -0.25) is 9.59 Å². The number of likely N-dealkylation sites (tertiary alicyclic amines) is 1. The average Bonchev–Trinajstić information content (AvgIpc) is 3.56. The molecule has 1 aromatic carbocycles. The summed E-state index contributed by atoms with van der Waals surface area (Å²) in [4.78, 5) is 44.8. The molecule has 1 spiro atoms. The third kappa shape index (κ3) is 7.72. The molecule has 2 aliphatic heterocycles. The number of nitrogens with zero attached hydrogens (tertiary/aromatic N) is 8. The van der Waals surface area contributed by atoms with Crippen LogP contribution in [0.5, 0.6) is 11.6 Å². The van der Waals surface area contributed by atoms with Crippen molar-refractivity contribution in [1.82, 2.24) is 40.3 Å². The van der Waals surface area contributed by atoms with Crippen molar-refractivity contribution in [3.05, 3.63) is 60.2 Å². The van der Waals surface area contributed by atoms with Crippen molar-refractivity contribution in [1.29, 1.82) is 0 Å². The lowest BCUT2D eigenvalue weighted by Gasteiger charge is -2.46. The first-order chi connectivity index (χ1) is 23.2. The first-order valence-corrected chi connectivity index (χ1v) is 17.2. The number of piperidine rings is 1. The summed E-state index contributed by atoms with van der Waals surface area (Å²) >= 11 is 0.